The number of aliphatic imine (C=N–C) groups is 1. The van der Waals surface area contributed by atoms with Crippen LogP contribution in [0.5, 0.6) is 0 Å². The normalized spacial score (nSPS) is 13.0. The summed E-state index contributed by atoms with van der Waals surface area (Å²) in [6.45, 7) is 1.51. The first-order chi connectivity index (χ1) is 15.8. The molecule has 0 saturated carbocycles. The molecule has 0 unspecified atom stereocenters. The van der Waals surface area contributed by atoms with Gasteiger partial charge < -0.3 is 27.2 Å². The molecule has 178 valence electrons. The van der Waals surface area contributed by atoms with E-state index >= 15 is 0 Å². The molecule has 0 bridgehead atoms. The summed E-state index contributed by atoms with van der Waals surface area (Å²) in [6.07, 6.45) is 6.74. The molecule has 0 saturated heterocycles. The van der Waals surface area contributed by atoms with Crippen LogP contribution < -0.4 is 17.2 Å². The Kier molecular flexibility index (Phi) is 10.6. The van der Waals surface area contributed by atoms with Crippen LogP contribution in [0.15, 0.2) is 59.6 Å². The number of guanidine groups is 1. The molecular weight excluding hydrogens is 414 g/mol. The minimum absolute atomic E-state index is 0.0129. The second kappa shape index (κ2) is 13.4. The molecule has 0 amide bonds. The number of nitrogens with zero attached hydrogens (tertiary/aromatic N) is 2. The smallest absolute Gasteiger partial charge is 0.320 e. The monoisotopic (exact) mass is 451 g/mol. The number of nitrogens with two attached hydrogens (primary N) is 3. The second-order valence-corrected chi connectivity index (χ2v) is 8.42. The topological polar surface area (TPSA) is 131 Å². The Morgan fingerprint density at radius 3 is 2.09 bits per heavy atom. The summed E-state index contributed by atoms with van der Waals surface area (Å²) in [6, 6.07) is 16.9. The molecule has 0 spiro atoms. The summed E-state index contributed by atoms with van der Waals surface area (Å²) in [5.41, 5.74) is 22.5. The van der Waals surface area contributed by atoms with Crippen molar-refractivity contribution in [2.45, 2.75) is 38.1 Å². The lowest BCUT2D eigenvalue weighted by Gasteiger charge is -2.13. The number of hydrogen-bond acceptors (Lipinski definition) is 4. The van der Waals surface area contributed by atoms with Gasteiger partial charge in [0.05, 0.1) is 0 Å². The van der Waals surface area contributed by atoms with E-state index in [1.54, 1.807) is 0 Å². The van der Waals surface area contributed by atoms with Crippen LogP contribution in [0.4, 0.5) is 0 Å². The number of hydrogen-bond donors (Lipinski definition) is 4. The van der Waals surface area contributed by atoms with Crippen LogP contribution in [0, 0.1) is 0 Å². The predicted octanol–water partition coefficient (Wildman–Crippen LogP) is 2.62. The molecule has 7 heteroatoms. The predicted molar refractivity (Wildman–Crippen MR) is 136 cm³/mol. The number of fused-ring (bicyclic) bond motifs is 2. The van der Waals surface area contributed by atoms with Gasteiger partial charge in [0.1, 0.15) is 6.04 Å². The molecule has 7 nitrogen and oxygen atoms in total. The molecule has 1 aliphatic carbocycles. The standard InChI is InChI=1S/C20H23N.C6H14N4O2/c1-21(2)15-7-12-20-18-10-5-3-8-16(18)13-14-17-9-4-6-11-19(17)20;7-4(5(11)12)2-1-3-10-6(8)9/h3-6,8-12H,7,13-15H2,1-2H3;4H,1-3,7H2,(H,11,12)(H4,8,9,10)/t;4-/m.0/s1. The number of aliphatic carboxylic acids is 1. The molecule has 1 atom stereocenters. The Bertz CT molecular complexity index is 915. The third kappa shape index (κ3) is 8.71. The molecule has 0 aromatic heterocycles. The van der Waals surface area contributed by atoms with Gasteiger partial charge in [-0.05, 0) is 74.0 Å². The van der Waals surface area contributed by atoms with Gasteiger partial charge in [0.25, 0.3) is 0 Å². The van der Waals surface area contributed by atoms with E-state index in [2.05, 4.69) is 78.6 Å². The van der Waals surface area contributed by atoms with Crippen molar-refractivity contribution in [2.75, 3.05) is 27.2 Å². The van der Waals surface area contributed by atoms with Crippen LogP contribution in [0.1, 0.15) is 41.5 Å². The minimum Gasteiger partial charge on any atom is -0.480 e. The zero-order valence-corrected chi connectivity index (χ0v) is 19.7. The van der Waals surface area contributed by atoms with Crippen molar-refractivity contribution >= 4 is 17.5 Å². The van der Waals surface area contributed by atoms with Gasteiger partial charge >= 0.3 is 5.97 Å². The maximum atomic E-state index is 10.2. The average Bonchev–Trinajstić information content (AvgIpc) is 2.94. The molecular formula is C26H37N5O2. The number of carboxylic acids is 1. The molecule has 33 heavy (non-hydrogen) atoms. The van der Waals surface area contributed by atoms with Crippen molar-refractivity contribution in [1.29, 1.82) is 0 Å². The first kappa shape index (κ1) is 26.1. The quantitative estimate of drug-likeness (QED) is 0.277. The highest BCUT2D eigenvalue weighted by Gasteiger charge is 2.16. The molecule has 0 radical (unpaired) electrons. The van der Waals surface area contributed by atoms with E-state index in [0.717, 1.165) is 25.8 Å². The summed E-state index contributed by atoms with van der Waals surface area (Å²) in [5, 5.41) is 8.38. The average molecular weight is 452 g/mol. The number of rotatable bonds is 8. The number of benzene rings is 2. The van der Waals surface area contributed by atoms with Gasteiger partial charge in [-0.1, -0.05) is 54.6 Å². The third-order valence-electron chi connectivity index (χ3n) is 5.49. The van der Waals surface area contributed by atoms with Crippen molar-refractivity contribution in [3.05, 3.63) is 76.9 Å². The van der Waals surface area contributed by atoms with Crippen molar-refractivity contribution in [1.82, 2.24) is 4.90 Å². The molecule has 7 N–H and O–H groups in total. The van der Waals surface area contributed by atoms with E-state index < -0.39 is 12.0 Å². The van der Waals surface area contributed by atoms with E-state index in [-0.39, 0.29) is 5.96 Å². The van der Waals surface area contributed by atoms with Crippen molar-refractivity contribution in [3.63, 3.8) is 0 Å². The van der Waals surface area contributed by atoms with Crippen LogP contribution in [-0.4, -0.2) is 55.2 Å². The fourth-order valence-corrected chi connectivity index (χ4v) is 3.75. The number of carbonyl (C=O) groups is 1. The fraction of sp³-hybridized carbons (Fsp3) is 0.385. The lowest BCUT2D eigenvalue weighted by Crippen LogP contribution is -2.30. The molecule has 1 aliphatic rings. The van der Waals surface area contributed by atoms with E-state index in [1.165, 1.54) is 27.8 Å². The Hall–Kier alpha value is -3.16. The molecule has 2 aromatic rings. The first-order valence-corrected chi connectivity index (χ1v) is 11.3. The van der Waals surface area contributed by atoms with Crippen LogP contribution >= 0.6 is 0 Å². The van der Waals surface area contributed by atoms with Gasteiger partial charge in [-0.2, -0.15) is 0 Å². The highest BCUT2D eigenvalue weighted by Crippen LogP contribution is 2.33. The Morgan fingerprint density at radius 2 is 1.61 bits per heavy atom. The minimum atomic E-state index is -1.00. The van der Waals surface area contributed by atoms with Gasteiger partial charge in [0.2, 0.25) is 0 Å². The molecule has 0 aliphatic heterocycles. The third-order valence-corrected chi connectivity index (χ3v) is 5.49. The lowest BCUT2D eigenvalue weighted by atomic mass is 9.93. The SMILES string of the molecule is CN(C)CCC=C1c2ccccc2CCc2ccccc21.NC(N)=NCCC[C@H](N)C(=O)O. The molecule has 2 aromatic carbocycles. The summed E-state index contributed by atoms with van der Waals surface area (Å²) < 4.78 is 0. The molecule has 3 rings (SSSR count). The van der Waals surface area contributed by atoms with E-state index in [4.69, 9.17) is 22.3 Å². The maximum absolute atomic E-state index is 10.2. The zero-order valence-electron chi connectivity index (χ0n) is 19.7. The second-order valence-electron chi connectivity index (χ2n) is 8.42. The van der Waals surface area contributed by atoms with Crippen LogP contribution in [0.3, 0.4) is 0 Å². The van der Waals surface area contributed by atoms with E-state index in [9.17, 15) is 4.79 Å². The Labute approximate surface area is 197 Å². The van der Waals surface area contributed by atoms with Gasteiger partial charge in [-0.3, -0.25) is 9.79 Å². The van der Waals surface area contributed by atoms with Gasteiger partial charge in [0.15, 0.2) is 5.96 Å². The fourth-order valence-electron chi connectivity index (χ4n) is 3.75. The lowest BCUT2D eigenvalue weighted by molar-refractivity contribution is -0.138. The summed E-state index contributed by atoms with van der Waals surface area (Å²) in [7, 11) is 4.26. The van der Waals surface area contributed by atoms with Crippen molar-refractivity contribution < 1.29 is 9.90 Å². The van der Waals surface area contributed by atoms with Crippen LogP contribution in [-0.2, 0) is 17.6 Å². The van der Waals surface area contributed by atoms with Gasteiger partial charge in [-0.15, -0.1) is 0 Å². The summed E-state index contributed by atoms with van der Waals surface area (Å²) in [5.74, 6) is -0.987. The number of carboxylic acid groups (broad SMARTS) is 1. The number of aryl methyl sites for hydroxylation is 2. The Morgan fingerprint density at radius 1 is 1.06 bits per heavy atom. The van der Waals surface area contributed by atoms with E-state index in [0.29, 0.717) is 19.4 Å². The van der Waals surface area contributed by atoms with Gasteiger partial charge in [0, 0.05) is 13.1 Å². The van der Waals surface area contributed by atoms with Crippen LogP contribution in [0.2, 0.25) is 0 Å². The van der Waals surface area contributed by atoms with Crippen molar-refractivity contribution in [2.24, 2.45) is 22.2 Å². The largest absolute Gasteiger partial charge is 0.480 e. The zero-order chi connectivity index (χ0) is 24.2. The Balaban J connectivity index is 0.000000277. The molecule has 0 fully saturated rings. The van der Waals surface area contributed by atoms with E-state index in [1.807, 2.05) is 0 Å². The highest BCUT2D eigenvalue weighted by atomic mass is 16.4. The maximum Gasteiger partial charge on any atom is 0.320 e. The highest BCUT2D eigenvalue weighted by molar-refractivity contribution is 5.83. The molecule has 0 heterocycles. The van der Waals surface area contributed by atoms with Crippen LogP contribution in [0.25, 0.3) is 5.57 Å². The van der Waals surface area contributed by atoms with Gasteiger partial charge in [-0.25, -0.2) is 0 Å². The summed E-state index contributed by atoms with van der Waals surface area (Å²) in [4.78, 5) is 16.1. The first-order valence-electron chi connectivity index (χ1n) is 11.3. The summed E-state index contributed by atoms with van der Waals surface area (Å²) >= 11 is 0. The van der Waals surface area contributed by atoms with Crippen molar-refractivity contribution in [3.8, 4) is 0 Å².